The van der Waals surface area contributed by atoms with Crippen molar-refractivity contribution in [3.8, 4) is 5.75 Å². The summed E-state index contributed by atoms with van der Waals surface area (Å²) in [4.78, 5) is 4.18. The van der Waals surface area contributed by atoms with Gasteiger partial charge in [-0.15, -0.1) is 24.0 Å². The van der Waals surface area contributed by atoms with Crippen molar-refractivity contribution in [1.29, 1.82) is 0 Å². The predicted molar refractivity (Wildman–Crippen MR) is 101 cm³/mol. The Kier molecular flexibility index (Phi) is 10.6. The molecule has 0 atom stereocenters. The van der Waals surface area contributed by atoms with Crippen LogP contribution in [-0.4, -0.2) is 33.2 Å². The number of ether oxygens (including phenoxy) is 1. The second kappa shape index (κ2) is 11.0. The molecule has 0 aromatic heterocycles. The highest BCUT2D eigenvalue weighted by Gasteiger charge is 2.03. The van der Waals surface area contributed by atoms with Gasteiger partial charge < -0.3 is 15.4 Å². The first kappa shape index (κ1) is 20.3. The zero-order chi connectivity index (χ0) is 15.0. The lowest BCUT2D eigenvalue weighted by molar-refractivity contribution is 0.414. The second-order valence-electron chi connectivity index (χ2n) is 4.98. The molecule has 0 saturated carbocycles. The SMILES string of the molecule is CN=C(NCCc1ccc(OC)cc1Cl)NCC(C)C.I. The summed E-state index contributed by atoms with van der Waals surface area (Å²) in [7, 11) is 3.41. The van der Waals surface area contributed by atoms with Gasteiger partial charge in [-0.05, 0) is 30.0 Å². The van der Waals surface area contributed by atoms with Crippen molar-refractivity contribution in [3.63, 3.8) is 0 Å². The normalized spacial score (nSPS) is 11.0. The molecule has 0 unspecified atom stereocenters. The van der Waals surface area contributed by atoms with Crippen LogP contribution < -0.4 is 15.4 Å². The highest BCUT2D eigenvalue weighted by molar-refractivity contribution is 14.0. The van der Waals surface area contributed by atoms with E-state index in [2.05, 4.69) is 29.5 Å². The third-order valence-electron chi connectivity index (χ3n) is 2.85. The van der Waals surface area contributed by atoms with Gasteiger partial charge in [0.05, 0.1) is 7.11 Å². The summed E-state index contributed by atoms with van der Waals surface area (Å²) >= 11 is 6.21. The van der Waals surface area contributed by atoms with E-state index in [9.17, 15) is 0 Å². The quantitative estimate of drug-likeness (QED) is 0.417. The Morgan fingerprint density at radius 1 is 1.33 bits per heavy atom. The largest absolute Gasteiger partial charge is 0.497 e. The van der Waals surface area contributed by atoms with E-state index in [0.29, 0.717) is 5.92 Å². The molecular formula is C15H25ClIN3O. The minimum atomic E-state index is 0. The molecule has 1 aromatic rings. The fourth-order valence-corrected chi connectivity index (χ4v) is 1.96. The van der Waals surface area contributed by atoms with Crippen molar-refractivity contribution in [2.45, 2.75) is 20.3 Å². The number of guanidine groups is 1. The van der Waals surface area contributed by atoms with Gasteiger partial charge in [0.25, 0.3) is 0 Å². The maximum absolute atomic E-state index is 6.21. The number of nitrogens with one attached hydrogen (secondary N) is 2. The van der Waals surface area contributed by atoms with Crippen molar-refractivity contribution in [3.05, 3.63) is 28.8 Å². The van der Waals surface area contributed by atoms with E-state index in [1.807, 2.05) is 18.2 Å². The van der Waals surface area contributed by atoms with E-state index >= 15 is 0 Å². The average Bonchev–Trinajstić information content (AvgIpc) is 2.43. The van der Waals surface area contributed by atoms with Crippen molar-refractivity contribution < 1.29 is 4.74 Å². The molecule has 1 rings (SSSR count). The van der Waals surface area contributed by atoms with E-state index in [4.69, 9.17) is 16.3 Å². The van der Waals surface area contributed by atoms with Gasteiger partial charge in [0.1, 0.15) is 5.75 Å². The Labute approximate surface area is 149 Å². The Morgan fingerprint density at radius 3 is 2.57 bits per heavy atom. The van der Waals surface area contributed by atoms with Crippen molar-refractivity contribution in [2.24, 2.45) is 10.9 Å². The lowest BCUT2D eigenvalue weighted by Crippen LogP contribution is -2.39. The Bertz CT molecular complexity index is 453. The number of methoxy groups -OCH3 is 1. The maximum atomic E-state index is 6.21. The summed E-state index contributed by atoms with van der Waals surface area (Å²) in [5.74, 6) is 2.19. The molecule has 0 heterocycles. The molecule has 120 valence electrons. The Hall–Kier alpha value is -0.690. The monoisotopic (exact) mass is 425 g/mol. The maximum Gasteiger partial charge on any atom is 0.190 e. The van der Waals surface area contributed by atoms with E-state index in [1.165, 1.54) is 0 Å². The summed E-state index contributed by atoms with van der Waals surface area (Å²) in [6.07, 6.45) is 0.838. The molecule has 0 aliphatic rings. The Balaban J connectivity index is 0.00000400. The number of nitrogens with zero attached hydrogens (tertiary/aromatic N) is 1. The first-order valence-corrected chi connectivity index (χ1v) is 7.21. The van der Waals surface area contributed by atoms with E-state index < -0.39 is 0 Å². The van der Waals surface area contributed by atoms with Crippen molar-refractivity contribution in [2.75, 3.05) is 27.2 Å². The summed E-state index contributed by atoms with van der Waals surface area (Å²) in [6, 6.07) is 5.75. The Morgan fingerprint density at radius 2 is 2.05 bits per heavy atom. The van der Waals surface area contributed by atoms with Crippen LogP contribution in [0.25, 0.3) is 0 Å². The van der Waals surface area contributed by atoms with E-state index in [-0.39, 0.29) is 24.0 Å². The fourth-order valence-electron chi connectivity index (χ4n) is 1.69. The number of aliphatic imine (C=N–C) groups is 1. The molecule has 0 radical (unpaired) electrons. The number of halogens is 2. The molecule has 0 saturated heterocycles. The molecule has 21 heavy (non-hydrogen) atoms. The third kappa shape index (κ3) is 7.76. The first-order chi connectivity index (χ1) is 9.56. The van der Waals surface area contributed by atoms with Crippen LogP contribution in [0, 0.1) is 5.92 Å². The molecule has 0 fully saturated rings. The molecule has 1 aromatic carbocycles. The molecule has 0 aliphatic carbocycles. The van der Waals surface area contributed by atoms with Gasteiger partial charge in [0, 0.05) is 25.2 Å². The van der Waals surface area contributed by atoms with E-state index in [1.54, 1.807) is 14.2 Å². The van der Waals surface area contributed by atoms with Gasteiger partial charge in [0.2, 0.25) is 0 Å². The lowest BCUT2D eigenvalue weighted by atomic mass is 10.1. The number of benzene rings is 1. The van der Waals surface area contributed by atoms with Gasteiger partial charge in [-0.2, -0.15) is 0 Å². The molecule has 0 aliphatic heterocycles. The van der Waals surface area contributed by atoms with Crippen LogP contribution in [0.5, 0.6) is 5.75 Å². The van der Waals surface area contributed by atoms with Crippen LogP contribution in [0.1, 0.15) is 19.4 Å². The van der Waals surface area contributed by atoms with Crippen molar-refractivity contribution in [1.82, 2.24) is 10.6 Å². The molecule has 4 nitrogen and oxygen atoms in total. The predicted octanol–water partition coefficient (Wildman–Crippen LogP) is 3.33. The topological polar surface area (TPSA) is 45.7 Å². The molecule has 6 heteroatoms. The van der Waals surface area contributed by atoms with Crippen LogP contribution in [-0.2, 0) is 6.42 Å². The standard InChI is InChI=1S/C15H24ClN3O.HI/c1-11(2)10-19-15(17-3)18-8-7-12-5-6-13(20-4)9-14(12)16;/h5-6,9,11H,7-8,10H2,1-4H3,(H2,17,18,19);1H. The molecule has 0 amide bonds. The number of hydrogen-bond acceptors (Lipinski definition) is 2. The van der Waals surface area contributed by atoms with Gasteiger partial charge in [0.15, 0.2) is 5.96 Å². The molecular weight excluding hydrogens is 401 g/mol. The summed E-state index contributed by atoms with van der Waals surface area (Å²) in [5, 5.41) is 7.28. The number of rotatable bonds is 6. The highest BCUT2D eigenvalue weighted by atomic mass is 127. The van der Waals surface area contributed by atoms with E-state index in [0.717, 1.165) is 41.8 Å². The van der Waals surface area contributed by atoms with Crippen LogP contribution in [0.3, 0.4) is 0 Å². The van der Waals surface area contributed by atoms with Gasteiger partial charge in [-0.3, -0.25) is 4.99 Å². The third-order valence-corrected chi connectivity index (χ3v) is 3.20. The molecule has 0 bridgehead atoms. The summed E-state index contributed by atoms with van der Waals surface area (Å²) < 4.78 is 5.14. The molecule has 2 N–H and O–H groups in total. The lowest BCUT2D eigenvalue weighted by Gasteiger charge is -2.14. The smallest absolute Gasteiger partial charge is 0.190 e. The van der Waals surface area contributed by atoms with Gasteiger partial charge >= 0.3 is 0 Å². The highest BCUT2D eigenvalue weighted by Crippen LogP contribution is 2.22. The zero-order valence-electron chi connectivity index (χ0n) is 13.1. The van der Waals surface area contributed by atoms with Crippen LogP contribution in [0.2, 0.25) is 5.02 Å². The number of hydrogen-bond donors (Lipinski definition) is 2. The average molecular weight is 426 g/mol. The summed E-state index contributed by atoms with van der Waals surface area (Å²) in [6.45, 7) is 6.02. The van der Waals surface area contributed by atoms with Crippen LogP contribution in [0.15, 0.2) is 23.2 Å². The fraction of sp³-hybridized carbons (Fsp3) is 0.533. The second-order valence-corrected chi connectivity index (χ2v) is 5.39. The summed E-state index contributed by atoms with van der Waals surface area (Å²) in [5.41, 5.74) is 1.10. The van der Waals surface area contributed by atoms with Crippen LogP contribution >= 0.6 is 35.6 Å². The van der Waals surface area contributed by atoms with Gasteiger partial charge in [-0.25, -0.2) is 0 Å². The van der Waals surface area contributed by atoms with Gasteiger partial charge in [-0.1, -0.05) is 31.5 Å². The minimum Gasteiger partial charge on any atom is -0.497 e. The molecule has 0 spiro atoms. The first-order valence-electron chi connectivity index (χ1n) is 6.83. The zero-order valence-corrected chi connectivity index (χ0v) is 16.2. The minimum absolute atomic E-state index is 0. The van der Waals surface area contributed by atoms with Crippen LogP contribution in [0.4, 0.5) is 0 Å². The van der Waals surface area contributed by atoms with Crippen molar-refractivity contribution >= 4 is 41.5 Å².